The molecule has 0 heterocycles. The Morgan fingerprint density at radius 2 is 1.63 bits per heavy atom. The van der Waals surface area contributed by atoms with Crippen LogP contribution in [0.2, 0.25) is 0 Å². The molecule has 0 radical (unpaired) electrons. The number of hydrogen-bond acceptors (Lipinski definition) is 8. The van der Waals surface area contributed by atoms with E-state index in [1.165, 1.54) is 24.3 Å². The van der Waals surface area contributed by atoms with Gasteiger partial charge in [0.05, 0.1) is 17.9 Å². The van der Waals surface area contributed by atoms with Crippen molar-refractivity contribution in [3.8, 4) is 17.2 Å². The van der Waals surface area contributed by atoms with Gasteiger partial charge in [0.15, 0.2) is 5.78 Å². The number of carboxylic acid groups (broad SMARTS) is 1. The number of ketones is 1. The molecule has 3 N–H and O–H groups in total. The minimum Gasteiger partial charge on any atom is -0.507 e. The topological polar surface area (TPSA) is 156 Å². The van der Waals surface area contributed by atoms with Crippen molar-refractivity contribution >= 4 is 27.7 Å². The highest BCUT2D eigenvalue weighted by Crippen LogP contribution is 2.31. The van der Waals surface area contributed by atoms with Gasteiger partial charge in [0.2, 0.25) is 10.0 Å². The molecule has 0 atom stereocenters. The molecule has 1 saturated carbocycles. The monoisotopic (exact) mass is 581 g/mol. The normalized spacial score (nSPS) is 13.5. The maximum absolute atomic E-state index is 13.2. The number of benzene rings is 3. The van der Waals surface area contributed by atoms with Crippen LogP contribution in [0.25, 0.3) is 0 Å². The third kappa shape index (κ3) is 8.31. The van der Waals surface area contributed by atoms with Crippen molar-refractivity contribution < 1.29 is 42.5 Å². The zero-order valence-corrected chi connectivity index (χ0v) is 23.3. The maximum Gasteiger partial charge on any atom is 0.303 e. The Morgan fingerprint density at radius 1 is 0.951 bits per heavy atom. The number of phenols is 1. The Kier molecular flexibility index (Phi) is 9.28. The van der Waals surface area contributed by atoms with Crippen molar-refractivity contribution in [2.45, 2.75) is 51.2 Å². The molecule has 0 unspecified atom stereocenters. The van der Waals surface area contributed by atoms with Crippen LogP contribution in [0.15, 0.2) is 60.7 Å². The summed E-state index contributed by atoms with van der Waals surface area (Å²) >= 11 is 0. The minimum atomic E-state index is -3.69. The van der Waals surface area contributed by atoms with Gasteiger partial charge >= 0.3 is 5.97 Å². The van der Waals surface area contributed by atoms with Gasteiger partial charge in [-0.2, -0.15) is 0 Å². The van der Waals surface area contributed by atoms with E-state index in [0.717, 1.165) is 31.9 Å². The second kappa shape index (κ2) is 12.9. The molecule has 4 rings (SSSR count). The van der Waals surface area contributed by atoms with E-state index in [1.807, 2.05) is 4.72 Å². The number of aryl methyl sites for hydroxylation is 1. The van der Waals surface area contributed by atoms with E-state index < -0.39 is 27.7 Å². The summed E-state index contributed by atoms with van der Waals surface area (Å²) in [5.74, 6) is -1.51. The summed E-state index contributed by atoms with van der Waals surface area (Å²) in [5.41, 5.74) is 1.70. The largest absolute Gasteiger partial charge is 0.507 e. The number of nitrogens with one attached hydrogen (secondary N) is 1. The van der Waals surface area contributed by atoms with Crippen LogP contribution in [0.3, 0.4) is 0 Å². The first-order valence-electron chi connectivity index (χ1n) is 13.1. The zero-order chi connectivity index (χ0) is 29.6. The second-order valence-corrected chi connectivity index (χ2v) is 11.7. The van der Waals surface area contributed by atoms with Gasteiger partial charge in [0, 0.05) is 23.6 Å². The van der Waals surface area contributed by atoms with Gasteiger partial charge in [-0.15, -0.1) is 0 Å². The van der Waals surface area contributed by atoms with E-state index in [0.29, 0.717) is 22.6 Å². The van der Waals surface area contributed by atoms with Crippen molar-refractivity contribution in [3.63, 3.8) is 0 Å². The van der Waals surface area contributed by atoms with Crippen molar-refractivity contribution in [1.29, 1.82) is 0 Å². The van der Waals surface area contributed by atoms with Crippen molar-refractivity contribution in [3.05, 3.63) is 88.5 Å². The molecule has 0 aromatic heterocycles. The predicted octanol–water partition coefficient (Wildman–Crippen LogP) is 4.23. The molecule has 1 aliphatic rings. The summed E-state index contributed by atoms with van der Waals surface area (Å²) < 4.78 is 36.3. The molecule has 0 bridgehead atoms. The molecular formula is C30H31NO9S. The fourth-order valence-corrected chi connectivity index (χ4v) is 5.02. The average Bonchev–Trinajstić information content (AvgIpc) is 3.43. The Balaban J connectivity index is 1.48. The Labute approximate surface area is 238 Å². The lowest BCUT2D eigenvalue weighted by Gasteiger charge is -2.15. The van der Waals surface area contributed by atoms with Crippen LogP contribution >= 0.6 is 0 Å². The molecule has 1 amide bonds. The highest BCUT2D eigenvalue weighted by Gasteiger charge is 2.20. The molecule has 11 heteroatoms. The fraction of sp³-hybridized carbons (Fsp3) is 0.300. The first kappa shape index (κ1) is 29.6. The van der Waals surface area contributed by atoms with Crippen LogP contribution < -0.4 is 14.2 Å². The number of hydrogen-bond donors (Lipinski definition) is 3. The summed E-state index contributed by atoms with van der Waals surface area (Å²) in [7, 11) is -3.69. The van der Waals surface area contributed by atoms with Gasteiger partial charge in [0.25, 0.3) is 5.91 Å². The van der Waals surface area contributed by atoms with Gasteiger partial charge in [-0.25, -0.2) is 13.1 Å². The molecule has 3 aromatic rings. The predicted molar refractivity (Wildman–Crippen MR) is 150 cm³/mol. The van der Waals surface area contributed by atoms with Crippen LogP contribution in [0.1, 0.15) is 69.5 Å². The van der Waals surface area contributed by atoms with E-state index in [2.05, 4.69) is 0 Å². The number of phenolic OH excluding ortho intramolecular Hbond substituents is 1. The Hall–Kier alpha value is -4.38. The third-order valence-corrected chi connectivity index (χ3v) is 7.19. The van der Waals surface area contributed by atoms with Crippen LogP contribution in [-0.4, -0.2) is 48.7 Å². The lowest BCUT2D eigenvalue weighted by atomic mass is 9.98. The van der Waals surface area contributed by atoms with Gasteiger partial charge < -0.3 is 19.7 Å². The SMILES string of the molecule is CS(=O)(=O)NC(=O)c1ccc(COc2ccc(C(=O)c3ccc(OC4CCCC4)cc3O)cc2CCC(=O)O)cc1. The van der Waals surface area contributed by atoms with Gasteiger partial charge in [0.1, 0.15) is 23.9 Å². The first-order valence-corrected chi connectivity index (χ1v) is 15.0. The third-order valence-electron chi connectivity index (χ3n) is 6.64. The number of carboxylic acids is 1. The van der Waals surface area contributed by atoms with Crippen LogP contribution in [0.4, 0.5) is 0 Å². The number of carbonyl (C=O) groups is 3. The van der Waals surface area contributed by atoms with E-state index >= 15 is 0 Å². The molecular weight excluding hydrogens is 550 g/mol. The summed E-state index contributed by atoms with van der Waals surface area (Å²) in [6.07, 6.45) is 5.06. The summed E-state index contributed by atoms with van der Waals surface area (Å²) in [6.45, 7) is 0.0740. The standard InChI is InChI=1S/C30H31NO9S/c1-41(37,38)31-30(36)20-8-6-19(7-9-20)18-39-27-14-10-22(16-21(27)11-15-28(33)34)29(35)25-13-12-24(17-26(25)32)40-23-4-2-3-5-23/h6-10,12-14,16-17,23,32H,2-5,11,15,18H2,1H3,(H,31,36)(H,33,34). The zero-order valence-electron chi connectivity index (χ0n) is 22.5. The number of aromatic hydroxyl groups is 1. The lowest BCUT2D eigenvalue weighted by molar-refractivity contribution is -0.136. The molecule has 0 aliphatic heterocycles. The molecule has 10 nitrogen and oxygen atoms in total. The highest BCUT2D eigenvalue weighted by atomic mass is 32.2. The van der Waals surface area contributed by atoms with Crippen molar-refractivity contribution in [2.24, 2.45) is 0 Å². The van der Waals surface area contributed by atoms with Gasteiger partial charge in [-0.05, 0) is 85.7 Å². The number of sulfonamides is 1. The molecule has 0 spiro atoms. The number of carbonyl (C=O) groups excluding carboxylic acids is 2. The fourth-order valence-electron chi connectivity index (χ4n) is 4.57. The average molecular weight is 582 g/mol. The van der Waals surface area contributed by atoms with Crippen molar-refractivity contribution in [2.75, 3.05) is 6.26 Å². The van der Waals surface area contributed by atoms with Crippen LogP contribution in [0.5, 0.6) is 17.2 Å². The highest BCUT2D eigenvalue weighted by molar-refractivity contribution is 7.89. The molecule has 3 aromatic carbocycles. The number of rotatable bonds is 12. The lowest BCUT2D eigenvalue weighted by Crippen LogP contribution is -2.29. The number of aliphatic carboxylic acids is 1. The van der Waals surface area contributed by atoms with E-state index in [9.17, 15) is 33.0 Å². The van der Waals surface area contributed by atoms with E-state index in [4.69, 9.17) is 9.47 Å². The molecule has 1 fully saturated rings. The summed E-state index contributed by atoms with van der Waals surface area (Å²) in [6, 6.07) is 15.4. The van der Waals surface area contributed by atoms with Crippen LogP contribution in [-0.2, 0) is 27.8 Å². The molecule has 1 aliphatic carbocycles. The maximum atomic E-state index is 13.2. The Bertz CT molecular complexity index is 1540. The summed E-state index contributed by atoms with van der Waals surface area (Å²) in [5, 5.41) is 19.8. The van der Waals surface area contributed by atoms with E-state index in [-0.39, 0.29) is 48.0 Å². The minimum absolute atomic E-state index is 0.0740. The Morgan fingerprint density at radius 3 is 2.27 bits per heavy atom. The van der Waals surface area contributed by atoms with Crippen LogP contribution in [0, 0.1) is 0 Å². The van der Waals surface area contributed by atoms with Crippen molar-refractivity contribution in [1.82, 2.24) is 4.72 Å². The molecule has 0 saturated heterocycles. The summed E-state index contributed by atoms with van der Waals surface area (Å²) in [4.78, 5) is 36.5. The van der Waals surface area contributed by atoms with Gasteiger partial charge in [-0.3, -0.25) is 14.4 Å². The molecule has 41 heavy (non-hydrogen) atoms. The van der Waals surface area contributed by atoms with E-state index in [1.54, 1.807) is 36.4 Å². The first-order chi connectivity index (χ1) is 19.5. The quantitative estimate of drug-likeness (QED) is 0.266. The smallest absolute Gasteiger partial charge is 0.303 e. The molecule has 216 valence electrons. The number of amides is 1. The van der Waals surface area contributed by atoms with Gasteiger partial charge in [-0.1, -0.05) is 12.1 Å². The second-order valence-electron chi connectivity index (χ2n) is 9.94. The number of ether oxygens (including phenoxy) is 2.